The van der Waals surface area contributed by atoms with Gasteiger partial charge in [0, 0.05) is 43.8 Å². The number of amides is 1. The van der Waals surface area contributed by atoms with Gasteiger partial charge in [0.05, 0.1) is 11.9 Å². The molecule has 1 aliphatic heterocycles. The maximum Gasteiger partial charge on any atom is 0.282 e. The molecular formula is C16H16BrClN4O2. The summed E-state index contributed by atoms with van der Waals surface area (Å²) in [6.45, 7) is 2.46. The molecule has 1 aromatic carbocycles. The summed E-state index contributed by atoms with van der Waals surface area (Å²) < 4.78 is 1.78. The van der Waals surface area contributed by atoms with Gasteiger partial charge in [0.15, 0.2) is 0 Å². The normalized spacial score (nSPS) is 14.8. The van der Waals surface area contributed by atoms with Crippen LogP contribution in [0.4, 0.5) is 5.69 Å². The van der Waals surface area contributed by atoms with Crippen molar-refractivity contribution in [1.29, 1.82) is 0 Å². The fourth-order valence-electron chi connectivity index (χ4n) is 2.65. The minimum Gasteiger partial charge on any atom is -0.366 e. The first-order valence-electron chi connectivity index (χ1n) is 7.49. The Morgan fingerprint density at radius 3 is 2.42 bits per heavy atom. The van der Waals surface area contributed by atoms with E-state index in [9.17, 15) is 9.59 Å². The Balaban J connectivity index is 1.70. The lowest BCUT2D eigenvalue weighted by atomic mass is 10.2. The Labute approximate surface area is 152 Å². The van der Waals surface area contributed by atoms with E-state index in [0.717, 1.165) is 5.69 Å². The number of nitrogens with zero attached hydrogens (tertiary/aromatic N) is 4. The molecule has 3 rings (SSSR count). The Morgan fingerprint density at radius 2 is 1.79 bits per heavy atom. The highest BCUT2D eigenvalue weighted by Gasteiger charge is 2.24. The molecule has 1 aliphatic rings. The molecule has 8 heteroatoms. The van der Waals surface area contributed by atoms with Crippen LogP contribution >= 0.6 is 27.5 Å². The molecule has 0 saturated carbocycles. The molecule has 2 heterocycles. The second-order valence-electron chi connectivity index (χ2n) is 5.56. The van der Waals surface area contributed by atoms with Gasteiger partial charge in [-0.1, -0.05) is 11.6 Å². The topological polar surface area (TPSA) is 58.4 Å². The number of halogens is 2. The van der Waals surface area contributed by atoms with Crippen LogP contribution in [0.3, 0.4) is 0 Å². The van der Waals surface area contributed by atoms with Crippen LogP contribution in [0.5, 0.6) is 0 Å². The predicted octanol–water partition coefficient (Wildman–Crippen LogP) is 2.16. The van der Waals surface area contributed by atoms with Crippen molar-refractivity contribution in [2.24, 2.45) is 7.05 Å². The SMILES string of the molecule is Cn1ncc(N2CCN(C(=O)c3ccc(Cl)cc3)CC2)c(Br)c1=O. The van der Waals surface area contributed by atoms with Crippen LogP contribution in [-0.4, -0.2) is 46.8 Å². The number of carbonyl (C=O) groups is 1. The van der Waals surface area contributed by atoms with Crippen molar-refractivity contribution < 1.29 is 4.79 Å². The Hall–Kier alpha value is -1.86. The smallest absolute Gasteiger partial charge is 0.282 e. The lowest BCUT2D eigenvalue weighted by Crippen LogP contribution is -2.49. The quantitative estimate of drug-likeness (QED) is 0.760. The van der Waals surface area contributed by atoms with Crippen molar-refractivity contribution in [2.45, 2.75) is 0 Å². The molecule has 0 radical (unpaired) electrons. The fourth-order valence-corrected chi connectivity index (χ4v) is 3.38. The summed E-state index contributed by atoms with van der Waals surface area (Å²) >= 11 is 9.20. The van der Waals surface area contributed by atoms with Crippen LogP contribution in [0.2, 0.25) is 5.02 Å². The van der Waals surface area contributed by atoms with E-state index >= 15 is 0 Å². The molecule has 0 atom stereocenters. The highest BCUT2D eigenvalue weighted by Crippen LogP contribution is 2.23. The third-order valence-electron chi connectivity index (χ3n) is 4.06. The van der Waals surface area contributed by atoms with Crippen LogP contribution in [0.25, 0.3) is 0 Å². The largest absolute Gasteiger partial charge is 0.366 e. The first-order valence-corrected chi connectivity index (χ1v) is 8.66. The van der Waals surface area contributed by atoms with E-state index in [4.69, 9.17) is 11.6 Å². The number of rotatable bonds is 2. The lowest BCUT2D eigenvalue weighted by Gasteiger charge is -2.36. The zero-order valence-electron chi connectivity index (χ0n) is 13.1. The standard InChI is InChI=1S/C16H16BrClN4O2/c1-20-16(24)14(17)13(10-19-20)21-6-8-22(9-7-21)15(23)11-2-4-12(18)5-3-11/h2-5,10H,6-9H2,1H3. The molecule has 1 amide bonds. The second kappa shape index (κ2) is 6.94. The van der Waals surface area contributed by atoms with Gasteiger partial charge in [-0.2, -0.15) is 5.10 Å². The van der Waals surface area contributed by atoms with E-state index in [0.29, 0.717) is 41.2 Å². The molecule has 0 bridgehead atoms. The van der Waals surface area contributed by atoms with E-state index in [1.165, 1.54) is 4.68 Å². The first kappa shape index (κ1) is 17.0. The molecule has 24 heavy (non-hydrogen) atoms. The molecule has 6 nitrogen and oxygen atoms in total. The molecule has 1 saturated heterocycles. The molecule has 1 aromatic heterocycles. The average molecular weight is 412 g/mol. The average Bonchev–Trinajstić information content (AvgIpc) is 2.60. The molecule has 0 spiro atoms. The number of hydrogen-bond donors (Lipinski definition) is 0. The van der Waals surface area contributed by atoms with Crippen LogP contribution in [-0.2, 0) is 7.05 Å². The van der Waals surface area contributed by atoms with Crippen molar-refractivity contribution in [1.82, 2.24) is 14.7 Å². The summed E-state index contributed by atoms with van der Waals surface area (Å²) in [4.78, 5) is 28.3. The lowest BCUT2D eigenvalue weighted by molar-refractivity contribution is 0.0746. The summed E-state index contributed by atoms with van der Waals surface area (Å²) in [6.07, 6.45) is 1.67. The van der Waals surface area contributed by atoms with Crippen molar-refractivity contribution in [2.75, 3.05) is 31.1 Å². The zero-order chi connectivity index (χ0) is 17.3. The van der Waals surface area contributed by atoms with Gasteiger partial charge in [0.2, 0.25) is 0 Å². The van der Waals surface area contributed by atoms with Gasteiger partial charge in [0.1, 0.15) is 4.47 Å². The number of aromatic nitrogens is 2. The predicted molar refractivity (Wildman–Crippen MR) is 96.7 cm³/mol. The van der Waals surface area contributed by atoms with Gasteiger partial charge in [-0.15, -0.1) is 0 Å². The van der Waals surface area contributed by atoms with Crippen molar-refractivity contribution in [3.8, 4) is 0 Å². The van der Waals surface area contributed by atoms with E-state index in [1.807, 2.05) is 4.90 Å². The van der Waals surface area contributed by atoms with E-state index in [1.54, 1.807) is 37.5 Å². The first-order chi connectivity index (χ1) is 11.5. The van der Waals surface area contributed by atoms with Crippen molar-refractivity contribution >= 4 is 39.1 Å². The van der Waals surface area contributed by atoms with Crippen LogP contribution in [0.1, 0.15) is 10.4 Å². The van der Waals surface area contributed by atoms with Gasteiger partial charge in [-0.25, -0.2) is 4.68 Å². The molecule has 0 N–H and O–H groups in total. The number of hydrogen-bond acceptors (Lipinski definition) is 4. The number of benzene rings is 1. The van der Waals surface area contributed by atoms with Gasteiger partial charge in [-0.05, 0) is 40.2 Å². The van der Waals surface area contributed by atoms with Crippen LogP contribution in [0.15, 0.2) is 39.7 Å². The van der Waals surface area contributed by atoms with E-state index in [-0.39, 0.29) is 11.5 Å². The Bertz CT molecular complexity index is 814. The van der Waals surface area contributed by atoms with E-state index in [2.05, 4.69) is 25.9 Å². The number of piperazine rings is 1. The molecular weight excluding hydrogens is 396 g/mol. The van der Waals surface area contributed by atoms with Crippen molar-refractivity contribution in [3.63, 3.8) is 0 Å². The van der Waals surface area contributed by atoms with Gasteiger partial charge < -0.3 is 9.80 Å². The molecule has 0 aliphatic carbocycles. The summed E-state index contributed by atoms with van der Waals surface area (Å²) in [5.74, 6) is -0.00696. The summed E-state index contributed by atoms with van der Waals surface area (Å²) in [5, 5.41) is 4.67. The number of carbonyl (C=O) groups excluding carboxylic acids is 1. The Morgan fingerprint density at radius 1 is 1.17 bits per heavy atom. The van der Waals surface area contributed by atoms with Gasteiger partial charge in [0.25, 0.3) is 11.5 Å². The summed E-state index contributed by atoms with van der Waals surface area (Å²) in [7, 11) is 1.61. The zero-order valence-corrected chi connectivity index (χ0v) is 15.4. The highest BCUT2D eigenvalue weighted by atomic mass is 79.9. The highest BCUT2D eigenvalue weighted by molar-refractivity contribution is 9.10. The fraction of sp³-hybridized carbons (Fsp3) is 0.312. The van der Waals surface area contributed by atoms with E-state index < -0.39 is 0 Å². The number of anilines is 1. The third kappa shape index (κ3) is 3.32. The van der Waals surface area contributed by atoms with Crippen LogP contribution in [0, 0.1) is 0 Å². The third-order valence-corrected chi connectivity index (χ3v) is 5.06. The maximum atomic E-state index is 12.5. The van der Waals surface area contributed by atoms with Gasteiger partial charge >= 0.3 is 0 Å². The van der Waals surface area contributed by atoms with Gasteiger partial charge in [-0.3, -0.25) is 9.59 Å². The monoisotopic (exact) mass is 410 g/mol. The van der Waals surface area contributed by atoms with Crippen molar-refractivity contribution in [3.05, 3.63) is 55.9 Å². The minimum atomic E-state index is -0.174. The second-order valence-corrected chi connectivity index (χ2v) is 6.79. The summed E-state index contributed by atoms with van der Waals surface area (Å²) in [6, 6.07) is 6.90. The minimum absolute atomic E-state index is 0.00696. The number of aryl methyl sites for hydroxylation is 1. The molecule has 0 unspecified atom stereocenters. The summed E-state index contributed by atoms with van der Waals surface area (Å²) in [5.41, 5.74) is 1.22. The molecule has 126 valence electrons. The molecule has 1 fully saturated rings. The Kier molecular flexibility index (Phi) is 4.91. The molecule has 2 aromatic rings. The van der Waals surface area contributed by atoms with Crippen LogP contribution < -0.4 is 10.5 Å². The maximum absolute atomic E-state index is 12.5.